The lowest BCUT2D eigenvalue weighted by Gasteiger charge is -2.04. The maximum Gasteiger partial charge on any atom is -0.0227 e. The van der Waals surface area contributed by atoms with E-state index in [1.165, 1.54) is 12.8 Å². The summed E-state index contributed by atoms with van der Waals surface area (Å²) in [6.07, 6.45) is 12.8. The van der Waals surface area contributed by atoms with Gasteiger partial charge in [-0.15, -0.1) is 0 Å². The van der Waals surface area contributed by atoms with Crippen LogP contribution in [-0.4, -0.2) is 0 Å². The molecule has 0 saturated carbocycles. The van der Waals surface area contributed by atoms with Crippen LogP contribution in [0.1, 0.15) is 47.0 Å². The molecule has 2 atom stereocenters. The summed E-state index contributed by atoms with van der Waals surface area (Å²) in [6.45, 7) is 8.96. The summed E-state index contributed by atoms with van der Waals surface area (Å²) in [4.78, 5) is 0. The maximum atomic E-state index is 2.34. The first kappa shape index (κ1) is 12.5. The van der Waals surface area contributed by atoms with Crippen LogP contribution in [0.25, 0.3) is 0 Å². The molecule has 0 rings (SSSR count). The number of hydrogen-bond donors (Lipinski definition) is 0. The van der Waals surface area contributed by atoms with Gasteiger partial charge in [-0.1, -0.05) is 58.4 Å². The minimum atomic E-state index is 0.691. The fourth-order valence-corrected chi connectivity index (χ4v) is 1.07. The van der Waals surface area contributed by atoms with E-state index in [0.29, 0.717) is 5.92 Å². The molecule has 0 nitrogen and oxygen atoms in total. The van der Waals surface area contributed by atoms with Crippen LogP contribution >= 0.6 is 0 Å². The summed E-state index contributed by atoms with van der Waals surface area (Å²) >= 11 is 0. The molecule has 0 radical (unpaired) electrons. The van der Waals surface area contributed by atoms with Gasteiger partial charge in [0.05, 0.1) is 0 Å². The van der Waals surface area contributed by atoms with Gasteiger partial charge in [-0.3, -0.25) is 0 Å². The van der Waals surface area contributed by atoms with Crippen molar-refractivity contribution < 1.29 is 0 Å². The van der Waals surface area contributed by atoms with Crippen LogP contribution in [-0.2, 0) is 0 Å². The van der Waals surface area contributed by atoms with Gasteiger partial charge in [-0.05, 0) is 24.7 Å². The molecule has 0 amide bonds. The molecular formula is C13H24. The third-order valence-electron chi connectivity index (χ3n) is 2.32. The first-order chi connectivity index (χ1) is 6.20. The Morgan fingerprint density at radius 3 is 2.08 bits per heavy atom. The van der Waals surface area contributed by atoms with E-state index in [0.717, 1.165) is 12.3 Å². The second-order valence-corrected chi connectivity index (χ2v) is 3.86. The van der Waals surface area contributed by atoms with Gasteiger partial charge >= 0.3 is 0 Å². The Bertz CT molecular complexity index is 153. The van der Waals surface area contributed by atoms with Crippen molar-refractivity contribution in [3.63, 3.8) is 0 Å². The third kappa shape index (κ3) is 7.83. The van der Waals surface area contributed by atoms with Gasteiger partial charge in [0.2, 0.25) is 0 Å². The fourth-order valence-electron chi connectivity index (χ4n) is 1.07. The normalized spacial score (nSPS) is 16.9. The summed E-state index contributed by atoms with van der Waals surface area (Å²) in [6, 6.07) is 0. The van der Waals surface area contributed by atoms with Crippen molar-refractivity contribution in [1.29, 1.82) is 0 Å². The second-order valence-electron chi connectivity index (χ2n) is 3.86. The third-order valence-corrected chi connectivity index (χ3v) is 2.32. The Kier molecular flexibility index (Phi) is 7.77. The van der Waals surface area contributed by atoms with Crippen LogP contribution in [0.4, 0.5) is 0 Å². The topological polar surface area (TPSA) is 0 Å². The summed E-state index contributed by atoms with van der Waals surface area (Å²) in [5.41, 5.74) is 0. The van der Waals surface area contributed by atoms with Gasteiger partial charge in [0.1, 0.15) is 0 Å². The molecule has 0 N–H and O–H groups in total. The fraction of sp³-hybridized carbons (Fsp3) is 0.692. The summed E-state index contributed by atoms with van der Waals surface area (Å²) in [5, 5.41) is 0. The van der Waals surface area contributed by atoms with E-state index >= 15 is 0 Å². The predicted octanol–water partition coefficient (Wildman–Crippen LogP) is 4.58. The first-order valence-electron chi connectivity index (χ1n) is 5.54. The van der Waals surface area contributed by atoms with Gasteiger partial charge in [-0.25, -0.2) is 0 Å². The molecule has 0 aromatic heterocycles. The average Bonchev–Trinajstić information content (AvgIpc) is 2.14. The number of allylic oxidation sites excluding steroid dienone is 4. The predicted molar refractivity (Wildman–Crippen MR) is 61.8 cm³/mol. The molecule has 0 fully saturated rings. The van der Waals surface area contributed by atoms with Crippen molar-refractivity contribution in [3.8, 4) is 0 Å². The summed E-state index contributed by atoms with van der Waals surface area (Å²) in [7, 11) is 0. The van der Waals surface area contributed by atoms with Crippen LogP contribution in [0.2, 0.25) is 0 Å². The molecule has 0 bridgehead atoms. The molecule has 0 aromatic carbocycles. The van der Waals surface area contributed by atoms with E-state index in [9.17, 15) is 0 Å². The lowest BCUT2D eigenvalue weighted by atomic mass is 10.0. The highest BCUT2D eigenvalue weighted by Crippen LogP contribution is 2.09. The molecule has 0 spiro atoms. The van der Waals surface area contributed by atoms with E-state index in [2.05, 4.69) is 52.0 Å². The molecule has 0 aliphatic heterocycles. The zero-order valence-electron chi connectivity index (χ0n) is 9.59. The van der Waals surface area contributed by atoms with Crippen LogP contribution in [0.15, 0.2) is 24.3 Å². The van der Waals surface area contributed by atoms with Gasteiger partial charge in [0, 0.05) is 0 Å². The van der Waals surface area contributed by atoms with Crippen LogP contribution in [0, 0.1) is 11.8 Å². The van der Waals surface area contributed by atoms with Crippen molar-refractivity contribution in [2.24, 2.45) is 11.8 Å². The Morgan fingerprint density at radius 2 is 1.54 bits per heavy atom. The zero-order valence-corrected chi connectivity index (χ0v) is 9.59. The molecule has 0 heterocycles. The minimum absolute atomic E-state index is 0.691. The van der Waals surface area contributed by atoms with Gasteiger partial charge in [-0.2, -0.15) is 0 Å². The number of rotatable bonds is 6. The van der Waals surface area contributed by atoms with E-state index in [1.54, 1.807) is 0 Å². The molecule has 0 aromatic rings. The van der Waals surface area contributed by atoms with Gasteiger partial charge in [0.25, 0.3) is 0 Å². The summed E-state index contributed by atoms with van der Waals surface area (Å²) < 4.78 is 0. The highest BCUT2D eigenvalue weighted by atomic mass is 14.0. The van der Waals surface area contributed by atoms with E-state index in [-0.39, 0.29) is 0 Å². The maximum absolute atomic E-state index is 2.34. The largest absolute Gasteiger partial charge is 0.0888 e. The Labute approximate surface area is 83.7 Å². The van der Waals surface area contributed by atoms with Gasteiger partial charge < -0.3 is 0 Å². The molecule has 0 saturated heterocycles. The lowest BCUT2D eigenvalue weighted by Crippen LogP contribution is -1.90. The minimum Gasteiger partial charge on any atom is -0.0888 e. The molecule has 0 heteroatoms. The average molecular weight is 180 g/mol. The smallest absolute Gasteiger partial charge is 0.0227 e. The molecule has 2 unspecified atom stereocenters. The highest BCUT2D eigenvalue weighted by Gasteiger charge is 1.95. The lowest BCUT2D eigenvalue weighted by molar-refractivity contribution is 0.674. The van der Waals surface area contributed by atoms with E-state index in [1.807, 2.05) is 0 Å². The van der Waals surface area contributed by atoms with Crippen LogP contribution < -0.4 is 0 Å². The van der Waals surface area contributed by atoms with Gasteiger partial charge in [0.15, 0.2) is 0 Å². The second kappa shape index (κ2) is 8.10. The van der Waals surface area contributed by atoms with Crippen molar-refractivity contribution in [1.82, 2.24) is 0 Å². The Hall–Kier alpha value is -0.520. The quantitative estimate of drug-likeness (QED) is 0.525. The standard InChI is InChI=1S/C13H24/c1-5-7-8-9-13(4)11-10-12(3)6-2/h7-8,10-13H,5-6,9H2,1-4H3. The zero-order chi connectivity index (χ0) is 10.1. The molecular weight excluding hydrogens is 156 g/mol. The highest BCUT2D eigenvalue weighted by molar-refractivity contribution is 4.93. The van der Waals surface area contributed by atoms with Crippen LogP contribution in [0.5, 0.6) is 0 Å². The van der Waals surface area contributed by atoms with Crippen molar-refractivity contribution in [3.05, 3.63) is 24.3 Å². The van der Waals surface area contributed by atoms with E-state index in [4.69, 9.17) is 0 Å². The summed E-state index contributed by atoms with van der Waals surface area (Å²) in [5.74, 6) is 1.43. The Balaban J connectivity index is 3.66. The van der Waals surface area contributed by atoms with Crippen molar-refractivity contribution in [2.45, 2.75) is 47.0 Å². The SMILES string of the molecule is CCC=CCC(C)C=CC(C)CC. The molecule has 76 valence electrons. The number of hydrogen-bond acceptors (Lipinski definition) is 0. The van der Waals surface area contributed by atoms with Crippen molar-refractivity contribution >= 4 is 0 Å². The Morgan fingerprint density at radius 1 is 0.923 bits per heavy atom. The van der Waals surface area contributed by atoms with E-state index < -0.39 is 0 Å². The first-order valence-corrected chi connectivity index (χ1v) is 5.54. The molecule has 13 heavy (non-hydrogen) atoms. The monoisotopic (exact) mass is 180 g/mol. The van der Waals surface area contributed by atoms with Crippen molar-refractivity contribution in [2.75, 3.05) is 0 Å². The molecule has 0 aliphatic rings. The van der Waals surface area contributed by atoms with Crippen LogP contribution in [0.3, 0.4) is 0 Å². The molecule has 0 aliphatic carbocycles.